The van der Waals surface area contributed by atoms with Gasteiger partial charge in [0.25, 0.3) is 0 Å². The highest BCUT2D eigenvalue weighted by Crippen LogP contribution is 2.31. The van der Waals surface area contributed by atoms with Gasteiger partial charge in [0.15, 0.2) is 5.17 Å². The number of aryl methyl sites for hydroxylation is 4. The van der Waals surface area contributed by atoms with Gasteiger partial charge in [0, 0.05) is 19.2 Å². The molecule has 0 spiro atoms. The van der Waals surface area contributed by atoms with Crippen molar-refractivity contribution in [3.05, 3.63) is 58.7 Å². The molecule has 0 bridgehead atoms. The Morgan fingerprint density at radius 2 is 1.79 bits per heavy atom. The Labute approximate surface area is 170 Å². The van der Waals surface area contributed by atoms with Crippen LogP contribution < -0.4 is 5.32 Å². The summed E-state index contributed by atoms with van der Waals surface area (Å²) in [5.41, 5.74) is 6.04. The molecule has 6 heteroatoms. The first-order valence-corrected chi connectivity index (χ1v) is 10.1. The van der Waals surface area contributed by atoms with Gasteiger partial charge in [-0.05, 0) is 68.1 Å². The van der Waals surface area contributed by atoms with Crippen molar-refractivity contribution in [1.82, 2.24) is 4.90 Å². The van der Waals surface area contributed by atoms with Gasteiger partial charge in [0.2, 0.25) is 11.8 Å². The molecule has 1 saturated heterocycles. The van der Waals surface area contributed by atoms with E-state index in [1.54, 1.807) is 7.05 Å². The van der Waals surface area contributed by atoms with Gasteiger partial charge in [-0.15, -0.1) is 0 Å². The number of anilines is 1. The van der Waals surface area contributed by atoms with Gasteiger partial charge in [-0.25, -0.2) is 4.99 Å². The molecule has 1 atom stereocenters. The summed E-state index contributed by atoms with van der Waals surface area (Å²) in [6.45, 7) is 8.02. The largest absolute Gasteiger partial charge is 0.326 e. The quantitative estimate of drug-likeness (QED) is 0.828. The van der Waals surface area contributed by atoms with Crippen LogP contribution in [0.3, 0.4) is 0 Å². The third-order valence-electron chi connectivity index (χ3n) is 4.89. The number of amides is 2. The Balaban J connectivity index is 1.70. The standard InChI is InChI=1S/C22H25N3O2S/c1-13-6-7-15(3)18(10-13)24-20(26)12-19-21(27)25(5)22(28-19)23-17-9-8-14(2)16(4)11-17/h6-11,19H,12H2,1-5H3,(H,24,26)/t19-/m0/s1. The third-order valence-corrected chi connectivity index (χ3v) is 6.12. The van der Waals surface area contributed by atoms with Crippen LogP contribution >= 0.6 is 11.8 Å². The normalized spacial score (nSPS) is 18.0. The number of amidine groups is 1. The Bertz CT molecular complexity index is 968. The highest BCUT2D eigenvalue weighted by molar-refractivity contribution is 8.15. The van der Waals surface area contributed by atoms with Crippen LogP contribution in [0, 0.1) is 27.7 Å². The molecule has 1 aliphatic rings. The number of benzene rings is 2. The number of carbonyl (C=O) groups is 2. The monoisotopic (exact) mass is 395 g/mol. The van der Waals surface area contributed by atoms with Crippen LogP contribution in [-0.4, -0.2) is 34.2 Å². The summed E-state index contributed by atoms with van der Waals surface area (Å²) in [6, 6.07) is 11.9. The smallest absolute Gasteiger partial charge is 0.242 e. The van der Waals surface area contributed by atoms with Crippen LogP contribution in [0.2, 0.25) is 0 Å². The van der Waals surface area contributed by atoms with Crippen molar-refractivity contribution >= 4 is 40.1 Å². The lowest BCUT2D eigenvalue weighted by Crippen LogP contribution is -2.30. The van der Waals surface area contributed by atoms with E-state index in [1.165, 1.54) is 22.2 Å². The molecule has 0 aliphatic carbocycles. The first kappa shape index (κ1) is 20.1. The summed E-state index contributed by atoms with van der Waals surface area (Å²) in [6.07, 6.45) is 0.118. The van der Waals surface area contributed by atoms with Crippen LogP contribution in [-0.2, 0) is 9.59 Å². The fourth-order valence-corrected chi connectivity index (χ4v) is 4.10. The van der Waals surface area contributed by atoms with E-state index in [9.17, 15) is 9.59 Å². The lowest BCUT2D eigenvalue weighted by molar-refractivity contribution is -0.127. The van der Waals surface area contributed by atoms with Gasteiger partial charge in [-0.2, -0.15) is 0 Å². The molecule has 2 aromatic rings. The van der Waals surface area contributed by atoms with E-state index in [0.717, 1.165) is 28.1 Å². The van der Waals surface area contributed by atoms with E-state index in [2.05, 4.69) is 17.2 Å². The fraction of sp³-hybridized carbons (Fsp3) is 0.318. The highest BCUT2D eigenvalue weighted by Gasteiger charge is 2.37. The van der Waals surface area contributed by atoms with Crippen molar-refractivity contribution in [3.63, 3.8) is 0 Å². The maximum atomic E-state index is 12.6. The van der Waals surface area contributed by atoms with Gasteiger partial charge in [0.05, 0.1) is 5.69 Å². The van der Waals surface area contributed by atoms with Crippen molar-refractivity contribution in [3.8, 4) is 0 Å². The number of rotatable bonds is 4. The van der Waals surface area contributed by atoms with Crippen molar-refractivity contribution in [2.45, 2.75) is 39.4 Å². The summed E-state index contributed by atoms with van der Waals surface area (Å²) < 4.78 is 0. The summed E-state index contributed by atoms with van der Waals surface area (Å²) >= 11 is 1.34. The third kappa shape index (κ3) is 4.44. The minimum Gasteiger partial charge on any atom is -0.326 e. The Morgan fingerprint density at radius 1 is 1.07 bits per heavy atom. The zero-order chi connectivity index (χ0) is 20.4. The Morgan fingerprint density at radius 3 is 2.50 bits per heavy atom. The van der Waals surface area contributed by atoms with Gasteiger partial charge in [0.1, 0.15) is 5.25 Å². The molecule has 0 radical (unpaired) electrons. The summed E-state index contributed by atoms with van der Waals surface area (Å²) in [5.74, 6) is -0.260. The molecule has 2 aromatic carbocycles. The van der Waals surface area contributed by atoms with Gasteiger partial charge in [-0.3, -0.25) is 14.5 Å². The number of nitrogens with one attached hydrogen (secondary N) is 1. The van der Waals surface area contributed by atoms with Gasteiger partial charge >= 0.3 is 0 Å². The zero-order valence-electron chi connectivity index (χ0n) is 16.9. The molecule has 1 aliphatic heterocycles. The topological polar surface area (TPSA) is 61.8 Å². The molecule has 1 fully saturated rings. The summed E-state index contributed by atoms with van der Waals surface area (Å²) in [5, 5.41) is 3.09. The molecule has 1 N–H and O–H groups in total. The number of carbonyl (C=O) groups excluding carboxylic acids is 2. The minimum atomic E-state index is -0.458. The molecule has 0 aromatic heterocycles. The first-order valence-electron chi connectivity index (χ1n) is 9.22. The summed E-state index contributed by atoms with van der Waals surface area (Å²) in [7, 11) is 1.71. The van der Waals surface area contributed by atoms with Crippen LogP contribution in [0.1, 0.15) is 28.7 Å². The maximum Gasteiger partial charge on any atom is 0.242 e. The molecular weight excluding hydrogens is 370 g/mol. The molecule has 0 unspecified atom stereocenters. The van der Waals surface area contributed by atoms with Crippen LogP contribution in [0.15, 0.2) is 41.4 Å². The summed E-state index contributed by atoms with van der Waals surface area (Å²) in [4.78, 5) is 31.2. The molecule has 3 rings (SSSR count). The van der Waals surface area contributed by atoms with Crippen molar-refractivity contribution in [1.29, 1.82) is 0 Å². The van der Waals surface area contributed by atoms with Crippen molar-refractivity contribution in [2.24, 2.45) is 4.99 Å². The molecule has 5 nitrogen and oxygen atoms in total. The molecule has 28 heavy (non-hydrogen) atoms. The predicted octanol–water partition coefficient (Wildman–Crippen LogP) is 4.51. The van der Waals surface area contributed by atoms with E-state index in [4.69, 9.17) is 0 Å². The van der Waals surface area contributed by atoms with Gasteiger partial charge < -0.3 is 5.32 Å². The fourth-order valence-electron chi connectivity index (χ4n) is 2.94. The number of thioether (sulfide) groups is 1. The van der Waals surface area contributed by atoms with Gasteiger partial charge in [-0.1, -0.05) is 30.0 Å². The second kappa shape index (κ2) is 8.19. The van der Waals surface area contributed by atoms with Crippen molar-refractivity contribution in [2.75, 3.05) is 12.4 Å². The van der Waals surface area contributed by atoms with E-state index < -0.39 is 5.25 Å². The molecule has 146 valence electrons. The second-order valence-corrected chi connectivity index (χ2v) is 8.41. The average molecular weight is 396 g/mol. The first-order chi connectivity index (χ1) is 13.2. The van der Waals surface area contributed by atoms with E-state index in [1.807, 2.05) is 57.2 Å². The Hall–Kier alpha value is -2.60. The Kier molecular flexibility index (Phi) is 5.89. The SMILES string of the molecule is Cc1ccc(C)c(NC(=O)C[C@@H]2SC(=Nc3ccc(C)c(C)c3)N(C)C2=O)c1. The van der Waals surface area contributed by atoms with E-state index >= 15 is 0 Å². The van der Waals surface area contributed by atoms with Crippen LogP contribution in [0.25, 0.3) is 0 Å². The number of hydrogen-bond donors (Lipinski definition) is 1. The highest BCUT2D eigenvalue weighted by atomic mass is 32.2. The molecule has 1 heterocycles. The maximum absolute atomic E-state index is 12.6. The lowest BCUT2D eigenvalue weighted by Gasteiger charge is -2.11. The van der Waals surface area contributed by atoms with Crippen LogP contribution in [0.4, 0.5) is 11.4 Å². The van der Waals surface area contributed by atoms with Crippen molar-refractivity contribution < 1.29 is 9.59 Å². The zero-order valence-corrected chi connectivity index (χ0v) is 17.7. The van der Waals surface area contributed by atoms with E-state index in [0.29, 0.717) is 5.17 Å². The second-order valence-electron chi connectivity index (χ2n) is 7.24. The van der Waals surface area contributed by atoms with E-state index in [-0.39, 0.29) is 18.2 Å². The number of nitrogens with zero attached hydrogens (tertiary/aromatic N) is 2. The molecule has 2 amide bonds. The molecular formula is C22H25N3O2S. The minimum absolute atomic E-state index is 0.0938. The predicted molar refractivity (Wildman–Crippen MR) is 116 cm³/mol. The number of aliphatic imine (C=N–C) groups is 1. The lowest BCUT2D eigenvalue weighted by atomic mass is 10.1. The number of hydrogen-bond acceptors (Lipinski definition) is 4. The van der Waals surface area contributed by atoms with Crippen LogP contribution in [0.5, 0.6) is 0 Å². The molecule has 0 saturated carbocycles. The average Bonchev–Trinajstić information content (AvgIpc) is 2.89.